The molecule has 1 aliphatic rings. The first-order chi connectivity index (χ1) is 14.2. The summed E-state index contributed by atoms with van der Waals surface area (Å²) in [6.45, 7) is 2.58. The molecular formula is C19H32N4O5S2. The second-order valence-electron chi connectivity index (χ2n) is 7.35. The van der Waals surface area contributed by atoms with E-state index in [1.807, 2.05) is 0 Å². The van der Waals surface area contributed by atoms with Crippen LogP contribution in [-0.4, -0.2) is 65.1 Å². The number of hydrogen-bond donors (Lipinski definition) is 6. The van der Waals surface area contributed by atoms with E-state index in [0.717, 1.165) is 12.8 Å². The molecule has 0 aliphatic heterocycles. The molecule has 0 radical (unpaired) electrons. The topological polar surface area (TPSA) is 133 Å². The summed E-state index contributed by atoms with van der Waals surface area (Å²) in [6.07, 6.45) is 3.44. The number of ketones is 1. The van der Waals surface area contributed by atoms with Crippen molar-refractivity contribution in [3.05, 3.63) is 0 Å². The van der Waals surface area contributed by atoms with Crippen LogP contribution in [0.1, 0.15) is 52.4 Å². The molecule has 0 aromatic heterocycles. The number of nitrogens with one attached hydrogen (secondary N) is 4. The summed E-state index contributed by atoms with van der Waals surface area (Å²) in [5.41, 5.74) is 0. The van der Waals surface area contributed by atoms with Crippen LogP contribution in [0, 0.1) is 0 Å². The molecule has 30 heavy (non-hydrogen) atoms. The Balaban J connectivity index is 2.85. The van der Waals surface area contributed by atoms with Crippen molar-refractivity contribution >= 4 is 54.7 Å². The van der Waals surface area contributed by atoms with Crippen molar-refractivity contribution < 1.29 is 24.0 Å². The molecule has 1 aliphatic carbocycles. The molecule has 0 aromatic rings. The average Bonchev–Trinajstić information content (AvgIpc) is 2.66. The van der Waals surface area contributed by atoms with Crippen LogP contribution in [-0.2, 0) is 24.0 Å². The molecule has 4 N–H and O–H groups in total. The van der Waals surface area contributed by atoms with E-state index in [1.54, 1.807) is 0 Å². The number of amides is 4. The maximum Gasteiger partial charge on any atom is 0.250 e. The van der Waals surface area contributed by atoms with Crippen LogP contribution >= 0.6 is 25.3 Å². The Morgan fingerprint density at radius 1 is 0.833 bits per heavy atom. The molecule has 0 saturated heterocycles. The van der Waals surface area contributed by atoms with E-state index in [2.05, 4.69) is 46.5 Å². The van der Waals surface area contributed by atoms with Crippen LogP contribution in [0.15, 0.2) is 0 Å². The maximum absolute atomic E-state index is 12.7. The van der Waals surface area contributed by atoms with Gasteiger partial charge >= 0.3 is 0 Å². The highest BCUT2D eigenvalue weighted by molar-refractivity contribution is 7.80. The number of hydrogen-bond acceptors (Lipinski definition) is 7. The summed E-state index contributed by atoms with van der Waals surface area (Å²) >= 11 is 8.14. The average molecular weight is 461 g/mol. The number of Topliss-reactive ketones (excluding diaryl/α,β-unsaturated/α-hetero) is 1. The van der Waals surface area contributed by atoms with Gasteiger partial charge in [0.25, 0.3) is 5.91 Å². The van der Waals surface area contributed by atoms with E-state index in [1.165, 1.54) is 13.8 Å². The minimum absolute atomic E-state index is 0.0500. The highest BCUT2D eigenvalue weighted by atomic mass is 32.1. The molecule has 170 valence electrons. The van der Waals surface area contributed by atoms with E-state index in [0.29, 0.717) is 25.0 Å². The summed E-state index contributed by atoms with van der Waals surface area (Å²) < 4.78 is 0. The van der Waals surface area contributed by atoms with E-state index in [-0.39, 0.29) is 36.1 Å². The largest absolute Gasteiger partial charge is 0.350 e. The quantitative estimate of drug-likeness (QED) is 0.187. The maximum atomic E-state index is 12.7. The molecule has 4 amide bonds. The van der Waals surface area contributed by atoms with E-state index < -0.39 is 29.7 Å². The molecule has 0 bridgehead atoms. The van der Waals surface area contributed by atoms with Crippen LogP contribution in [0.3, 0.4) is 0 Å². The van der Waals surface area contributed by atoms with Crippen molar-refractivity contribution in [1.82, 2.24) is 21.3 Å². The second kappa shape index (κ2) is 13.5. The third-order valence-corrected chi connectivity index (χ3v) is 5.30. The van der Waals surface area contributed by atoms with E-state index >= 15 is 0 Å². The molecule has 4 unspecified atom stereocenters. The number of carbonyl (C=O) groups is 5. The summed E-state index contributed by atoms with van der Waals surface area (Å²) in [6, 6.07) is -2.72. The van der Waals surface area contributed by atoms with Gasteiger partial charge in [0, 0.05) is 32.4 Å². The molecule has 0 spiro atoms. The van der Waals surface area contributed by atoms with Gasteiger partial charge in [0.15, 0.2) is 11.8 Å². The van der Waals surface area contributed by atoms with Gasteiger partial charge in [-0.2, -0.15) is 25.3 Å². The van der Waals surface area contributed by atoms with Crippen molar-refractivity contribution in [1.29, 1.82) is 0 Å². The first-order valence-corrected chi connectivity index (χ1v) is 11.4. The van der Waals surface area contributed by atoms with Crippen LogP contribution in [0.25, 0.3) is 0 Å². The lowest BCUT2D eigenvalue weighted by atomic mass is 9.89. The number of carbonyl (C=O) groups excluding carboxylic acids is 5. The lowest BCUT2D eigenvalue weighted by Gasteiger charge is -2.34. The van der Waals surface area contributed by atoms with Crippen LogP contribution in [0.4, 0.5) is 0 Å². The van der Waals surface area contributed by atoms with E-state index in [4.69, 9.17) is 0 Å². The first kappa shape index (κ1) is 26.3. The lowest BCUT2D eigenvalue weighted by Crippen LogP contribution is -2.60. The van der Waals surface area contributed by atoms with Crippen molar-refractivity contribution in [2.75, 3.05) is 11.5 Å². The van der Waals surface area contributed by atoms with Gasteiger partial charge in [0.1, 0.15) is 6.04 Å². The Bertz CT molecular complexity index is 646. The zero-order valence-corrected chi connectivity index (χ0v) is 19.2. The third kappa shape index (κ3) is 8.95. The molecule has 1 fully saturated rings. The molecule has 1 rings (SSSR count). The normalized spacial score (nSPS) is 20.4. The summed E-state index contributed by atoms with van der Waals surface area (Å²) in [5, 5.41) is 10.7. The fourth-order valence-corrected chi connectivity index (χ4v) is 3.90. The minimum Gasteiger partial charge on any atom is -0.350 e. The molecule has 0 heterocycles. The monoisotopic (exact) mass is 460 g/mol. The fraction of sp³-hybridized carbons (Fsp3) is 0.737. The van der Waals surface area contributed by atoms with Gasteiger partial charge in [-0.15, -0.1) is 0 Å². The number of rotatable bonds is 11. The smallest absolute Gasteiger partial charge is 0.250 e. The number of thiol groups is 2. The van der Waals surface area contributed by atoms with Crippen molar-refractivity contribution in [2.45, 2.75) is 76.5 Å². The van der Waals surface area contributed by atoms with E-state index in [9.17, 15) is 24.0 Å². The second-order valence-corrected chi connectivity index (χ2v) is 8.25. The molecule has 11 heteroatoms. The molecule has 4 atom stereocenters. The van der Waals surface area contributed by atoms with Crippen LogP contribution in [0.5, 0.6) is 0 Å². The van der Waals surface area contributed by atoms with Gasteiger partial charge in [-0.3, -0.25) is 24.0 Å². The van der Waals surface area contributed by atoms with Crippen molar-refractivity contribution in [3.63, 3.8) is 0 Å². The molecule has 9 nitrogen and oxygen atoms in total. The minimum atomic E-state index is -1.29. The fourth-order valence-electron chi connectivity index (χ4n) is 3.42. The van der Waals surface area contributed by atoms with Gasteiger partial charge in [-0.05, 0) is 30.8 Å². The Morgan fingerprint density at radius 2 is 1.37 bits per heavy atom. The molecule has 1 saturated carbocycles. The molecule has 0 aromatic carbocycles. The predicted molar refractivity (Wildman–Crippen MR) is 119 cm³/mol. The third-order valence-electron chi connectivity index (χ3n) is 4.82. The van der Waals surface area contributed by atoms with Gasteiger partial charge in [-0.25, -0.2) is 0 Å². The highest BCUT2D eigenvalue weighted by Gasteiger charge is 2.33. The Hall–Kier alpha value is -1.75. The van der Waals surface area contributed by atoms with Crippen LogP contribution in [0.2, 0.25) is 0 Å². The Labute approximate surface area is 188 Å². The summed E-state index contributed by atoms with van der Waals surface area (Å²) in [5.74, 6) is -1.47. The predicted octanol–water partition coefficient (Wildman–Crippen LogP) is -0.252. The van der Waals surface area contributed by atoms with Crippen molar-refractivity contribution in [2.24, 2.45) is 0 Å². The highest BCUT2D eigenvalue weighted by Crippen LogP contribution is 2.19. The Morgan fingerprint density at radius 3 is 1.83 bits per heavy atom. The zero-order chi connectivity index (χ0) is 22.7. The van der Waals surface area contributed by atoms with Crippen molar-refractivity contribution in [3.8, 4) is 0 Å². The zero-order valence-electron chi connectivity index (χ0n) is 17.4. The van der Waals surface area contributed by atoms with Gasteiger partial charge in [-0.1, -0.05) is 12.8 Å². The van der Waals surface area contributed by atoms with Gasteiger partial charge in [0.2, 0.25) is 17.7 Å². The summed E-state index contributed by atoms with van der Waals surface area (Å²) in [7, 11) is 0. The van der Waals surface area contributed by atoms with Gasteiger partial charge < -0.3 is 21.3 Å². The van der Waals surface area contributed by atoms with Crippen LogP contribution < -0.4 is 21.3 Å². The SMILES string of the molecule is CC(=O)NC(CCS)C(=O)NC1CCCCC1NC(=O)C(NC(C)=O)C(=O)CCS. The summed E-state index contributed by atoms with van der Waals surface area (Å²) in [4.78, 5) is 60.4. The Kier molecular flexibility index (Phi) is 11.9. The first-order valence-electron chi connectivity index (χ1n) is 10.1. The van der Waals surface area contributed by atoms with Gasteiger partial charge in [0.05, 0.1) is 0 Å². The molecular weight excluding hydrogens is 428 g/mol. The lowest BCUT2D eigenvalue weighted by molar-refractivity contribution is -0.136. The standard InChI is InChI=1S/C19H32N4O5S2/c1-11(24)20-15(7-9-29)18(27)22-13-5-3-4-6-14(13)23-19(28)17(21-12(2)25)16(26)8-10-30/h13-15,17,29-30H,3-10H2,1-2H3,(H,20,24)(H,21,25)(H,22,27)(H,23,28).